The summed E-state index contributed by atoms with van der Waals surface area (Å²) in [4.78, 5) is 4.45. The van der Waals surface area contributed by atoms with E-state index in [-0.39, 0.29) is 6.04 Å². The summed E-state index contributed by atoms with van der Waals surface area (Å²) in [5.74, 6) is 0. The van der Waals surface area contributed by atoms with Crippen molar-refractivity contribution in [1.29, 1.82) is 0 Å². The van der Waals surface area contributed by atoms with Crippen molar-refractivity contribution in [3.8, 4) is 0 Å². The maximum atomic E-state index is 4.45. The van der Waals surface area contributed by atoms with Crippen LogP contribution in [0.5, 0.6) is 0 Å². The molecule has 3 aromatic rings. The summed E-state index contributed by atoms with van der Waals surface area (Å²) >= 11 is 0. The van der Waals surface area contributed by atoms with Gasteiger partial charge in [-0.3, -0.25) is 9.67 Å². The molecule has 1 N–H and O–H groups in total. The fourth-order valence-corrected chi connectivity index (χ4v) is 2.34. The number of benzene rings is 1. The van der Waals surface area contributed by atoms with E-state index in [4.69, 9.17) is 0 Å². The zero-order valence-electron chi connectivity index (χ0n) is 11.0. The number of pyridine rings is 1. The van der Waals surface area contributed by atoms with Crippen LogP contribution in [0.25, 0.3) is 10.9 Å². The van der Waals surface area contributed by atoms with Crippen molar-refractivity contribution in [1.82, 2.24) is 14.8 Å². The number of aromatic nitrogens is 3. The van der Waals surface area contributed by atoms with E-state index < -0.39 is 0 Å². The van der Waals surface area contributed by atoms with E-state index in [0.717, 1.165) is 22.3 Å². The summed E-state index contributed by atoms with van der Waals surface area (Å²) in [6, 6.07) is 12.4. The maximum absolute atomic E-state index is 4.45. The number of para-hydroxylation sites is 1. The average molecular weight is 252 g/mol. The number of nitrogens with zero attached hydrogens (tertiary/aromatic N) is 3. The standard InChI is InChI=1S/C15H16N4/c1-11(14-8-10-17-19(14)2)18-13-7-3-5-12-6-4-9-16-15(12)13/h3-11,18H,1-2H3. The molecule has 0 saturated carbocycles. The summed E-state index contributed by atoms with van der Waals surface area (Å²) in [5, 5.41) is 8.85. The molecule has 1 aromatic carbocycles. The third kappa shape index (κ3) is 2.17. The van der Waals surface area contributed by atoms with Crippen molar-refractivity contribution >= 4 is 16.6 Å². The van der Waals surface area contributed by atoms with Crippen LogP contribution >= 0.6 is 0 Å². The van der Waals surface area contributed by atoms with Gasteiger partial charge in [-0.05, 0) is 25.1 Å². The summed E-state index contributed by atoms with van der Waals surface area (Å²) in [6.45, 7) is 2.12. The molecule has 0 radical (unpaired) electrons. The molecule has 0 amide bonds. The highest BCUT2D eigenvalue weighted by molar-refractivity contribution is 5.90. The van der Waals surface area contributed by atoms with Crippen LogP contribution in [-0.4, -0.2) is 14.8 Å². The number of hydrogen-bond acceptors (Lipinski definition) is 3. The van der Waals surface area contributed by atoms with Crippen LogP contribution in [0.3, 0.4) is 0 Å². The molecule has 2 heterocycles. The van der Waals surface area contributed by atoms with Crippen molar-refractivity contribution < 1.29 is 0 Å². The molecule has 0 saturated heterocycles. The molecular weight excluding hydrogens is 236 g/mol. The number of aryl methyl sites for hydroxylation is 1. The van der Waals surface area contributed by atoms with Crippen molar-refractivity contribution in [2.24, 2.45) is 7.05 Å². The molecule has 1 unspecified atom stereocenters. The minimum atomic E-state index is 0.181. The van der Waals surface area contributed by atoms with Gasteiger partial charge >= 0.3 is 0 Å². The van der Waals surface area contributed by atoms with Gasteiger partial charge in [0.25, 0.3) is 0 Å². The molecule has 4 heteroatoms. The van der Waals surface area contributed by atoms with Crippen LogP contribution in [-0.2, 0) is 7.05 Å². The molecule has 96 valence electrons. The third-order valence-electron chi connectivity index (χ3n) is 3.31. The van der Waals surface area contributed by atoms with Crippen LogP contribution in [0.1, 0.15) is 18.7 Å². The first-order valence-electron chi connectivity index (χ1n) is 6.34. The Morgan fingerprint density at radius 1 is 1.11 bits per heavy atom. The smallest absolute Gasteiger partial charge is 0.0933 e. The van der Waals surface area contributed by atoms with Crippen molar-refractivity contribution in [3.63, 3.8) is 0 Å². The largest absolute Gasteiger partial charge is 0.375 e. The van der Waals surface area contributed by atoms with Gasteiger partial charge in [0.15, 0.2) is 0 Å². The van der Waals surface area contributed by atoms with E-state index in [1.807, 2.05) is 42.3 Å². The highest BCUT2D eigenvalue weighted by Crippen LogP contribution is 2.25. The minimum Gasteiger partial charge on any atom is -0.375 e. The first kappa shape index (κ1) is 11.7. The van der Waals surface area contributed by atoms with Gasteiger partial charge < -0.3 is 5.32 Å². The predicted molar refractivity (Wildman–Crippen MR) is 77.0 cm³/mol. The molecule has 3 rings (SSSR count). The Labute approximate surface area is 112 Å². The topological polar surface area (TPSA) is 42.7 Å². The van der Waals surface area contributed by atoms with Crippen LogP contribution in [0, 0.1) is 0 Å². The molecule has 1 atom stereocenters. The van der Waals surface area contributed by atoms with Crippen LogP contribution in [0.2, 0.25) is 0 Å². The lowest BCUT2D eigenvalue weighted by Gasteiger charge is -2.16. The lowest BCUT2D eigenvalue weighted by molar-refractivity contribution is 0.676. The Balaban J connectivity index is 1.96. The summed E-state index contributed by atoms with van der Waals surface area (Å²) in [6.07, 6.45) is 3.64. The quantitative estimate of drug-likeness (QED) is 0.778. The molecule has 2 aromatic heterocycles. The monoisotopic (exact) mass is 252 g/mol. The van der Waals surface area contributed by atoms with E-state index >= 15 is 0 Å². The van der Waals surface area contributed by atoms with Crippen molar-refractivity contribution in [2.75, 3.05) is 5.32 Å². The van der Waals surface area contributed by atoms with E-state index in [1.165, 1.54) is 0 Å². The van der Waals surface area contributed by atoms with E-state index in [1.54, 1.807) is 0 Å². The second-order valence-corrected chi connectivity index (χ2v) is 4.63. The van der Waals surface area contributed by atoms with Crippen LogP contribution in [0.4, 0.5) is 5.69 Å². The van der Waals surface area contributed by atoms with Crippen molar-refractivity contribution in [3.05, 3.63) is 54.5 Å². The highest BCUT2D eigenvalue weighted by atomic mass is 15.3. The summed E-state index contributed by atoms with van der Waals surface area (Å²) < 4.78 is 1.89. The second-order valence-electron chi connectivity index (χ2n) is 4.63. The summed E-state index contributed by atoms with van der Waals surface area (Å²) in [5.41, 5.74) is 3.19. The Morgan fingerprint density at radius 3 is 2.74 bits per heavy atom. The normalized spacial score (nSPS) is 12.5. The van der Waals surface area contributed by atoms with Gasteiger partial charge in [-0.25, -0.2) is 0 Å². The number of nitrogens with one attached hydrogen (secondary N) is 1. The maximum Gasteiger partial charge on any atom is 0.0933 e. The van der Waals surface area contributed by atoms with Crippen LogP contribution < -0.4 is 5.32 Å². The SMILES string of the molecule is CC(Nc1cccc2cccnc12)c1ccnn1C. The zero-order valence-corrected chi connectivity index (χ0v) is 11.0. The van der Waals surface area contributed by atoms with Crippen molar-refractivity contribution in [2.45, 2.75) is 13.0 Å². The Kier molecular flexibility index (Phi) is 2.91. The van der Waals surface area contributed by atoms with Crippen LogP contribution in [0.15, 0.2) is 48.8 Å². The third-order valence-corrected chi connectivity index (χ3v) is 3.31. The number of hydrogen-bond donors (Lipinski definition) is 1. The molecule has 0 aliphatic heterocycles. The highest BCUT2D eigenvalue weighted by Gasteiger charge is 2.10. The molecule has 0 fully saturated rings. The zero-order chi connectivity index (χ0) is 13.2. The Hall–Kier alpha value is -2.36. The van der Waals surface area contributed by atoms with Gasteiger partial charge in [-0.1, -0.05) is 18.2 Å². The van der Waals surface area contributed by atoms with E-state index in [0.29, 0.717) is 0 Å². The first-order chi connectivity index (χ1) is 9.25. The van der Waals surface area contributed by atoms with Gasteiger partial charge in [-0.2, -0.15) is 5.10 Å². The van der Waals surface area contributed by atoms with Gasteiger partial charge in [0, 0.05) is 24.8 Å². The lowest BCUT2D eigenvalue weighted by Crippen LogP contribution is -2.11. The molecule has 19 heavy (non-hydrogen) atoms. The molecule has 0 spiro atoms. The lowest BCUT2D eigenvalue weighted by atomic mass is 10.1. The predicted octanol–water partition coefficient (Wildman–Crippen LogP) is 3.14. The minimum absolute atomic E-state index is 0.181. The fourth-order valence-electron chi connectivity index (χ4n) is 2.34. The Bertz CT molecular complexity index is 697. The van der Waals surface area contributed by atoms with Gasteiger partial charge in [0.1, 0.15) is 0 Å². The number of anilines is 1. The van der Waals surface area contributed by atoms with E-state index in [9.17, 15) is 0 Å². The molecular formula is C15H16N4. The Morgan fingerprint density at radius 2 is 1.95 bits per heavy atom. The van der Waals surface area contributed by atoms with Gasteiger partial charge in [0.2, 0.25) is 0 Å². The number of fused-ring (bicyclic) bond motifs is 1. The van der Waals surface area contributed by atoms with E-state index in [2.05, 4.69) is 40.5 Å². The molecule has 0 aliphatic rings. The first-order valence-corrected chi connectivity index (χ1v) is 6.34. The van der Waals surface area contributed by atoms with Gasteiger partial charge in [-0.15, -0.1) is 0 Å². The number of rotatable bonds is 3. The fraction of sp³-hybridized carbons (Fsp3) is 0.200. The average Bonchev–Trinajstić information content (AvgIpc) is 2.85. The molecule has 0 bridgehead atoms. The molecule has 4 nitrogen and oxygen atoms in total. The summed E-state index contributed by atoms with van der Waals surface area (Å²) in [7, 11) is 1.95. The van der Waals surface area contributed by atoms with Gasteiger partial charge in [0.05, 0.1) is 22.9 Å². The molecule has 0 aliphatic carbocycles. The second kappa shape index (κ2) is 4.72.